The smallest absolute Gasteiger partial charge is 0.282 e. The highest BCUT2D eigenvalue weighted by atomic mass is 16.5. The van der Waals surface area contributed by atoms with Crippen molar-refractivity contribution in [1.82, 2.24) is 0 Å². The molecule has 0 bridgehead atoms. The summed E-state index contributed by atoms with van der Waals surface area (Å²) in [6, 6.07) is 21.2. The molecule has 3 amide bonds. The molecule has 0 saturated carbocycles. The number of anilines is 3. The highest BCUT2D eigenvalue weighted by Crippen LogP contribution is 2.36. The summed E-state index contributed by atoms with van der Waals surface area (Å²) in [5, 5.41) is 5.82. The van der Waals surface area contributed by atoms with Gasteiger partial charge in [-0.1, -0.05) is 42.0 Å². The van der Waals surface area contributed by atoms with E-state index in [9.17, 15) is 14.4 Å². The van der Waals surface area contributed by atoms with Gasteiger partial charge in [0.1, 0.15) is 11.4 Å². The number of carbonyl (C=O) groups is 3. The second-order valence-corrected chi connectivity index (χ2v) is 7.62. The summed E-state index contributed by atoms with van der Waals surface area (Å²) in [6.07, 6.45) is 0. The highest BCUT2D eigenvalue weighted by molar-refractivity contribution is 6.46. The number of carbonyl (C=O) groups excluding carboxylic acids is 3. The minimum atomic E-state index is -0.462. The summed E-state index contributed by atoms with van der Waals surface area (Å²) >= 11 is 0. The van der Waals surface area contributed by atoms with Crippen LogP contribution < -0.4 is 20.3 Å². The molecule has 1 aliphatic rings. The van der Waals surface area contributed by atoms with E-state index in [0.29, 0.717) is 28.4 Å². The van der Waals surface area contributed by atoms with Crippen LogP contribution in [0.3, 0.4) is 0 Å². The third-order valence-corrected chi connectivity index (χ3v) is 5.24. The lowest BCUT2D eigenvalue weighted by molar-refractivity contribution is -0.120. The second kappa shape index (κ2) is 9.00. The number of para-hydroxylation sites is 2. The van der Waals surface area contributed by atoms with Crippen LogP contribution in [0.2, 0.25) is 0 Å². The summed E-state index contributed by atoms with van der Waals surface area (Å²) in [5.74, 6) is -0.554. The van der Waals surface area contributed by atoms with Crippen molar-refractivity contribution in [3.63, 3.8) is 0 Å². The number of methoxy groups -OCH3 is 1. The number of ether oxygens (including phenoxy) is 1. The molecule has 0 spiro atoms. The van der Waals surface area contributed by atoms with Crippen molar-refractivity contribution in [2.24, 2.45) is 0 Å². The number of hydrogen-bond donors (Lipinski definition) is 2. The molecular formula is C26H23N3O4. The van der Waals surface area contributed by atoms with E-state index in [1.807, 2.05) is 31.2 Å². The number of aryl methyl sites for hydroxylation is 1. The third-order valence-electron chi connectivity index (χ3n) is 5.24. The van der Waals surface area contributed by atoms with E-state index in [2.05, 4.69) is 10.6 Å². The molecule has 1 aliphatic heterocycles. The molecule has 2 N–H and O–H groups in total. The Bertz CT molecular complexity index is 1260. The van der Waals surface area contributed by atoms with Crippen LogP contribution in [-0.4, -0.2) is 24.8 Å². The van der Waals surface area contributed by atoms with E-state index >= 15 is 0 Å². The molecule has 7 heteroatoms. The monoisotopic (exact) mass is 441 g/mol. The van der Waals surface area contributed by atoms with Gasteiger partial charge in [0, 0.05) is 12.6 Å². The lowest BCUT2D eigenvalue weighted by Gasteiger charge is -2.16. The van der Waals surface area contributed by atoms with Crippen LogP contribution in [-0.2, 0) is 14.4 Å². The predicted molar refractivity (Wildman–Crippen MR) is 128 cm³/mol. The third kappa shape index (κ3) is 4.34. The van der Waals surface area contributed by atoms with E-state index in [1.54, 1.807) is 48.5 Å². The summed E-state index contributed by atoms with van der Waals surface area (Å²) < 4.78 is 5.40. The fourth-order valence-electron chi connectivity index (χ4n) is 3.65. The number of amides is 3. The van der Waals surface area contributed by atoms with Gasteiger partial charge >= 0.3 is 0 Å². The molecule has 7 nitrogen and oxygen atoms in total. The topological polar surface area (TPSA) is 87.7 Å². The maximum Gasteiger partial charge on any atom is 0.282 e. The first-order valence-electron chi connectivity index (χ1n) is 10.4. The van der Waals surface area contributed by atoms with E-state index in [1.165, 1.54) is 14.0 Å². The van der Waals surface area contributed by atoms with Crippen molar-refractivity contribution in [1.29, 1.82) is 0 Å². The van der Waals surface area contributed by atoms with Crippen LogP contribution in [0.1, 0.15) is 18.1 Å². The van der Waals surface area contributed by atoms with E-state index < -0.39 is 11.8 Å². The van der Waals surface area contributed by atoms with Crippen LogP contribution in [0.4, 0.5) is 17.1 Å². The summed E-state index contributed by atoms with van der Waals surface area (Å²) in [7, 11) is 1.54. The van der Waals surface area contributed by atoms with Gasteiger partial charge in [-0.2, -0.15) is 0 Å². The predicted octanol–water partition coefficient (Wildman–Crippen LogP) is 4.36. The van der Waals surface area contributed by atoms with Gasteiger partial charge in [0.15, 0.2) is 0 Å². The largest absolute Gasteiger partial charge is 0.495 e. The molecule has 0 fully saturated rings. The minimum absolute atomic E-state index is 0.150. The Kier molecular flexibility index (Phi) is 5.95. The van der Waals surface area contributed by atoms with Gasteiger partial charge in [0.25, 0.3) is 11.8 Å². The van der Waals surface area contributed by atoms with Gasteiger partial charge in [-0.05, 0) is 48.9 Å². The first-order valence-corrected chi connectivity index (χ1v) is 10.4. The van der Waals surface area contributed by atoms with Crippen molar-refractivity contribution in [2.75, 3.05) is 22.6 Å². The standard InChI is InChI=1S/C26H23N3O4/c1-16-8-14-20(15-9-16)29-25(31)23(18-10-12-19(13-11-18)27-17(2)30)24(26(29)32)28-21-6-4-5-7-22(21)33-3/h4-15,28H,1-3H3,(H,27,30). The average molecular weight is 441 g/mol. The van der Waals surface area contributed by atoms with Gasteiger partial charge in [-0.15, -0.1) is 0 Å². The zero-order valence-corrected chi connectivity index (χ0v) is 18.5. The van der Waals surface area contributed by atoms with E-state index in [0.717, 1.165) is 10.5 Å². The van der Waals surface area contributed by atoms with Gasteiger partial charge in [0.2, 0.25) is 5.91 Å². The van der Waals surface area contributed by atoms with Crippen molar-refractivity contribution in [3.8, 4) is 5.75 Å². The second-order valence-electron chi connectivity index (χ2n) is 7.62. The van der Waals surface area contributed by atoms with Crippen LogP contribution in [0.5, 0.6) is 5.75 Å². The van der Waals surface area contributed by atoms with Crippen LogP contribution in [0.25, 0.3) is 5.57 Å². The molecule has 0 atom stereocenters. The number of hydrogen-bond acceptors (Lipinski definition) is 5. The maximum atomic E-state index is 13.5. The molecule has 0 aliphatic carbocycles. The van der Waals surface area contributed by atoms with Crippen LogP contribution in [0.15, 0.2) is 78.5 Å². The first kappa shape index (κ1) is 21.8. The molecule has 3 aromatic rings. The summed E-state index contributed by atoms with van der Waals surface area (Å²) in [5.41, 5.74) is 3.60. The minimum Gasteiger partial charge on any atom is -0.495 e. The molecule has 4 rings (SSSR count). The van der Waals surface area contributed by atoms with Crippen LogP contribution >= 0.6 is 0 Å². The Hall–Kier alpha value is -4.39. The van der Waals surface area contributed by atoms with Crippen molar-refractivity contribution >= 4 is 40.4 Å². The van der Waals surface area contributed by atoms with E-state index in [-0.39, 0.29) is 17.2 Å². The van der Waals surface area contributed by atoms with Crippen molar-refractivity contribution in [3.05, 3.63) is 89.6 Å². The normalized spacial score (nSPS) is 13.4. The number of nitrogens with zero attached hydrogens (tertiary/aromatic N) is 1. The molecule has 3 aromatic carbocycles. The highest BCUT2D eigenvalue weighted by Gasteiger charge is 2.40. The van der Waals surface area contributed by atoms with E-state index in [4.69, 9.17) is 4.74 Å². The molecule has 0 radical (unpaired) electrons. The van der Waals surface area contributed by atoms with Crippen molar-refractivity contribution < 1.29 is 19.1 Å². The zero-order valence-electron chi connectivity index (χ0n) is 18.5. The average Bonchev–Trinajstić information content (AvgIpc) is 3.04. The number of benzene rings is 3. The Balaban J connectivity index is 1.80. The summed E-state index contributed by atoms with van der Waals surface area (Å²) in [4.78, 5) is 39.5. The molecule has 0 unspecified atom stereocenters. The Morgan fingerprint density at radius 3 is 2.18 bits per heavy atom. The molecule has 0 aromatic heterocycles. The van der Waals surface area contributed by atoms with Gasteiger partial charge < -0.3 is 15.4 Å². The quantitative estimate of drug-likeness (QED) is 0.555. The Labute approximate surface area is 191 Å². The SMILES string of the molecule is COc1ccccc1NC1=C(c2ccc(NC(C)=O)cc2)C(=O)N(c2ccc(C)cc2)C1=O. The molecule has 33 heavy (non-hydrogen) atoms. The molecule has 1 heterocycles. The van der Waals surface area contributed by atoms with Gasteiger partial charge in [-0.25, -0.2) is 4.90 Å². The number of nitrogens with one attached hydrogen (secondary N) is 2. The molecule has 166 valence electrons. The zero-order chi connectivity index (χ0) is 23.5. The fraction of sp³-hybridized carbons (Fsp3) is 0.115. The summed E-state index contributed by atoms with van der Waals surface area (Å²) in [6.45, 7) is 3.36. The first-order chi connectivity index (χ1) is 15.9. The Morgan fingerprint density at radius 2 is 1.55 bits per heavy atom. The van der Waals surface area contributed by atoms with Crippen molar-refractivity contribution in [2.45, 2.75) is 13.8 Å². The van der Waals surface area contributed by atoms with Gasteiger partial charge in [0.05, 0.1) is 24.1 Å². The Morgan fingerprint density at radius 1 is 0.879 bits per heavy atom. The fourth-order valence-corrected chi connectivity index (χ4v) is 3.65. The maximum absolute atomic E-state index is 13.5. The number of rotatable bonds is 6. The van der Waals surface area contributed by atoms with Gasteiger partial charge in [-0.3, -0.25) is 14.4 Å². The molecular weight excluding hydrogens is 418 g/mol. The van der Waals surface area contributed by atoms with Crippen LogP contribution in [0, 0.1) is 6.92 Å². The lowest BCUT2D eigenvalue weighted by atomic mass is 10.0. The lowest BCUT2D eigenvalue weighted by Crippen LogP contribution is -2.32. The molecule has 0 saturated heterocycles. The number of imide groups is 1.